The molecule has 0 spiro atoms. The van der Waals surface area contributed by atoms with Gasteiger partial charge in [-0.3, -0.25) is 4.79 Å². The zero-order valence-corrected chi connectivity index (χ0v) is 21.5. The number of benzene rings is 1. The monoisotopic (exact) mass is 542 g/mol. The minimum absolute atomic E-state index is 0.0332. The number of carbonyl (C=O) groups is 2. The summed E-state index contributed by atoms with van der Waals surface area (Å²) >= 11 is 0. The molecule has 1 aromatic carbocycles. The number of nitrogens with zero attached hydrogens (tertiary/aromatic N) is 3. The van der Waals surface area contributed by atoms with Gasteiger partial charge >= 0.3 is 12.1 Å². The molecule has 0 atom stereocenters. The van der Waals surface area contributed by atoms with Crippen LogP contribution >= 0.6 is 0 Å². The second-order valence-corrected chi connectivity index (χ2v) is 9.81. The first kappa shape index (κ1) is 31.4. The van der Waals surface area contributed by atoms with Gasteiger partial charge in [-0.2, -0.15) is 17.5 Å². The molecule has 36 heavy (non-hydrogen) atoms. The molecule has 1 heterocycles. The third kappa shape index (κ3) is 9.79. The van der Waals surface area contributed by atoms with Gasteiger partial charge in [0.1, 0.15) is 16.4 Å². The molecule has 1 saturated heterocycles. The van der Waals surface area contributed by atoms with Crippen molar-refractivity contribution in [2.45, 2.75) is 17.5 Å². The molecule has 1 aliphatic rings. The Bertz CT molecular complexity index is 969. The number of halogens is 3. The zero-order valence-electron chi connectivity index (χ0n) is 20.7. The molecule has 1 aromatic rings. The van der Waals surface area contributed by atoms with Gasteiger partial charge in [-0.15, -0.1) is 0 Å². The van der Waals surface area contributed by atoms with Gasteiger partial charge in [0, 0.05) is 58.3 Å². The molecular formula is C21H33F3N4O7S. The molecule has 0 saturated carbocycles. The van der Waals surface area contributed by atoms with Gasteiger partial charge in [0.15, 0.2) is 0 Å². The van der Waals surface area contributed by atoms with Crippen LogP contribution in [0.1, 0.15) is 6.42 Å². The highest BCUT2D eigenvalue weighted by Crippen LogP contribution is 2.30. The number of hydrogen-bond acceptors (Lipinski definition) is 8. The Kier molecular flexibility index (Phi) is 12.4. The third-order valence-electron chi connectivity index (χ3n) is 5.07. The van der Waals surface area contributed by atoms with Crippen LogP contribution in [0, 0.1) is 0 Å². The number of alkyl halides is 3. The molecule has 1 aliphatic heterocycles. The highest BCUT2D eigenvalue weighted by molar-refractivity contribution is 7.89. The van der Waals surface area contributed by atoms with E-state index >= 15 is 0 Å². The Hall–Kier alpha value is -2.62. The van der Waals surface area contributed by atoms with Crippen molar-refractivity contribution >= 4 is 21.9 Å². The predicted molar refractivity (Wildman–Crippen MR) is 125 cm³/mol. The maximum atomic E-state index is 13.4. The molecule has 15 heteroatoms. The summed E-state index contributed by atoms with van der Waals surface area (Å²) in [4.78, 5) is 25.2. The first-order valence-corrected chi connectivity index (χ1v) is 12.3. The first-order chi connectivity index (χ1) is 16.7. The number of piperazine rings is 1. The van der Waals surface area contributed by atoms with E-state index in [0.29, 0.717) is 25.4 Å². The number of carboxylic acids is 1. The summed E-state index contributed by atoms with van der Waals surface area (Å²) in [6.07, 6.45) is -4.95. The second-order valence-electron chi connectivity index (χ2n) is 7.91. The molecule has 0 aliphatic carbocycles. The fraction of sp³-hybridized carbons (Fsp3) is 0.619. The van der Waals surface area contributed by atoms with Crippen molar-refractivity contribution in [2.24, 2.45) is 0 Å². The van der Waals surface area contributed by atoms with Crippen LogP contribution < -0.4 is 14.8 Å². The summed E-state index contributed by atoms with van der Waals surface area (Å²) in [5, 5.41) is 10.3. The van der Waals surface area contributed by atoms with Crippen molar-refractivity contribution in [1.29, 1.82) is 0 Å². The molecular weight excluding hydrogens is 509 g/mol. The maximum Gasteiger partial charge on any atom is 0.490 e. The van der Waals surface area contributed by atoms with Crippen LogP contribution in [0.5, 0.6) is 11.5 Å². The number of methoxy groups -OCH3 is 2. The number of ether oxygens (including phenoxy) is 2. The van der Waals surface area contributed by atoms with Crippen molar-refractivity contribution in [3.8, 4) is 11.5 Å². The minimum Gasteiger partial charge on any atom is -0.497 e. The smallest absolute Gasteiger partial charge is 0.490 e. The Balaban J connectivity index is 0.000000809. The van der Waals surface area contributed by atoms with Crippen molar-refractivity contribution in [3.63, 3.8) is 0 Å². The largest absolute Gasteiger partial charge is 0.497 e. The van der Waals surface area contributed by atoms with Crippen LogP contribution in [0.25, 0.3) is 0 Å². The molecule has 0 unspecified atom stereocenters. The molecule has 0 radical (unpaired) electrons. The van der Waals surface area contributed by atoms with Crippen LogP contribution in [0.15, 0.2) is 23.1 Å². The Morgan fingerprint density at radius 2 is 1.67 bits per heavy atom. The predicted octanol–water partition coefficient (Wildman–Crippen LogP) is 0.711. The number of nitrogens with one attached hydrogen (secondary N) is 1. The summed E-state index contributed by atoms with van der Waals surface area (Å²) in [6.45, 7) is 3.72. The molecule has 11 nitrogen and oxygen atoms in total. The standard InChI is InChI=1S/C19H32N4O5S.C2HF3O2/c1-21(2)13-14-23(10-7-19(24)22-11-8-20-9-12-22)29(25,26)18-15-16(27-3)5-6-17(18)28-4;3-2(4,5)1(6)7/h5-6,15,20H,7-14H2,1-4H3;(H,6,7). The quantitative estimate of drug-likeness (QED) is 0.439. The molecule has 1 fully saturated rings. The lowest BCUT2D eigenvalue weighted by Gasteiger charge is -2.29. The lowest BCUT2D eigenvalue weighted by molar-refractivity contribution is -0.192. The van der Waals surface area contributed by atoms with E-state index in [1.54, 1.807) is 17.0 Å². The van der Waals surface area contributed by atoms with Crippen LogP contribution in [0.3, 0.4) is 0 Å². The number of sulfonamides is 1. The van der Waals surface area contributed by atoms with Crippen molar-refractivity contribution in [2.75, 3.05) is 74.1 Å². The summed E-state index contributed by atoms with van der Waals surface area (Å²) in [5.41, 5.74) is 0. The molecule has 0 bridgehead atoms. The Morgan fingerprint density at radius 3 is 2.14 bits per heavy atom. The number of carbonyl (C=O) groups excluding carboxylic acids is 1. The van der Waals surface area contributed by atoms with Crippen LogP contribution in [-0.2, 0) is 19.6 Å². The summed E-state index contributed by atoms with van der Waals surface area (Å²) < 4.78 is 70.4. The van der Waals surface area contributed by atoms with Gasteiger partial charge in [-0.1, -0.05) is 0 Å². The van der Waals surface area contributed by atoms with E-state index in [1.165, 1.54) is 24.6 Å². The van der Waals surface area contributed by atoms with Gasteiger partial charge < -0.3 is 29.7 Å². The molecule has 0 aromatic heterocycles. The van der Waals surface area contributed by atoms with Gasteiger partial charge in [-0.05, 0) is 26.2 Å². The van der Waals surface area contributed by atoms with E-state index in [9.17, 15) is 26.4 Å². The van der Waals surface area contributed by atoms with E-state index in [2.05, 4.69) is 5.32 Å². The zero-order chi connectivity index (χ0) is 27.5. The molecule has 2 N–H and O–H groups in total. The topological polar surface area (TPSA) is 129 Å². The fourth-order valence-corrected chi connectivity index (χ4v) is 4.68. The van der Waals surface area contributed by atoms with E-state index in [4.69, 9.17) is 19.4 Å². The number of likely N-dealkylation sites (N-methyl/N-ethyl adjacent to an activating group) is 1. The van der Waals surface area contributed by atoms with Crippen molar-refractivity contribution in [1.82, 2.24) is 19.4 Å². The number of hydrogen-bond donors (Lipinski definition) is 2. The van der Waals surface area contributed by atoms with Gasteiger partial charge in [-0.25, -0.2) is 13.2 Å². The third-order valence-corrected chi connectivity index (χ3v) is 6.99. The van der Waals surface area contributed by atoms with Crippen molar-refractivity contribution < 1.29 is 45.8 Å². The Morgan fingerprint density at radius 1 is 1.08 bits per heavy atom. The van der Waals surface area contributed by atoms with Crippen molar-refractivity contribution in [3.05, 3.63) is 18.2 Å². The number of rotatable bonds is 10. The summed E-state index contributed by atoms with van der Waals surface area (Å²) in [5.74, 6) is -2.12. The average molecular weight is 543 g/mol. The van der Waals surface area contributed by atoms with E-state index < -0.39 is 22.2 Å². The second kappa shape index (κ2) is 14.2. The number of amides is 1. The van der Waals surface area contributed by atoms with E-state index in [0.717, 1.165) is 13.1 Å². The van der Waals surface area contributed by atoms with E-state index in [-0.39, 0.29) is 36.1 Å². The number of aliphatic carboxylic acids is 1. The SMILES string of the molecule is COc1ccc(OC)c(S(=O)(=O)N(CCC(=O)N2CCNCC2)CCN(C)C)c1.O=C(O)C(F)(F)F. The van der Waals surface area contributed by atoms with Crippen LogP contribution in [0.2, 0.25) is 0 Å². The van der Waals surface area contributed by atoms with E-state index in [1.807, 2.05) is 19.0 Å². The van der Waals surface area contributed by atoms with Crippen LogP contribution in [0.4, 0.5) is 13.2 Å². The summed E-state index contributed by atoms with van der Waals surface area (Å²) in [6, 6.07) is 4.67. The highest BCUT2D eigenvalue weighted by atomic mass is 32.2. The Labute approximate surface area is 208 Å². The average Bonchev–Trinajstić information content (AvgIpc) is 2.83. The fourth-order valence-electron chi connectivity index (χ4n) is 3.08. The lowest BCUT2D eigenvalue weighted by Crippen LogP contribution is -2.47. The maximum absolute atomic E-state index is 13.4. The van der Waals surface area contributed by atoms with Gasteiger partial charge in [0.25, 0.3) is 0 Å². The molecule has 1 amide bonds. The first-order valence-electron chi connectivity index (χ1n) is 10.9. The lowest BCUT2D eigenvalue weighted by atomic mass is 10.3. The van der Waals surface area contributed by atoms with Gasteiger partial charge in [0.2, 0.25) is 15.9 Å². The van der Waals surface area contributed by atoms with Crippen LogP contribution in [-0.4, -0.2) is 120 Å². The normalized spacial score (nSPS) is 14.3. The molecule has 2 rings (SSSR count). The van der Waals surface area contributed by atoms with Gasteiger partial charge in [0.05, 0.1) is 14.2 Å². The summed E-state index contributed by atoms with van der Waals surface area (Å²) in [7, 11) is 2.79. The minimum atomic E-state index is -5.08. The molecule has 206 valence electrons. The number of carboxylic acid groups (broad SMARTS) is 1. The highest BCUT2D eigenvalue weighted by Gasteiger charge is 2.38.